The summed E-state index contributed by atoms with van der Waals surface area (Å²) in [6.45, 7) is 8.54. The highest BCUT2D eigenvalue weighted by Gasteiger charge is 2.81. The first-order valence-electron chi connectivity index (χ1n) is 5.97. The van der Waals surface area contributed by atoms with Gasteiger partial charge in [0.2, 0.25) is 0 Å². The Morgan fingerprint density at radius 2 is 2.31 bits per heavy atom. The second-order valence-corrected chi connectivity index (χ2v) is 5.70. The lowest BCUT2D eigenvalue weighted by Crippen LogP contribution is -2.17. The van der Waals surface area contributed by atoms with Gasteiger partial charge in [-0.1, -0.05) is 27.2 Å². The van der Waals surface area contributed by atoms with Gasteiger partial charge in [0.25, 0.3) is 0 Å². The highest BCUT2D eigenvalue weighted by Crippen LogP contribution is 2.74. The van der Waals surface area contributed by atoms with Gasteiger partial charge in [0.15, 0.2) is 0 Å². The first-order valence-corrected chi connectivity index (χ1v) is 5.97. The van der Waals surface area contributed by atoms with E-state index in [0.717, 1.165) is 29.3 Å². The Bertz CT molecular complexity index is 237. The van der Waals surface area contributed by atoms with Crippen LogP contribution in [0.4, 0.5) is 0 Å². The van der Waals surface area contributed by atoms with Crippen molar-refractivity contribution in [2.45, 2.75) is 51.6 Å². The largest absolute Gasteiger partial charge is 0.291 e. The van der Waals surface area contributed by atoms with Crippen LogP contribution in [-0.4, -0.2) is 23.0 Å². The maximum Gasteiger partial charge on any atom is 0.0403 e. The Morgan fingerprint density at radius 3 is 2.77 bits per heavy atom. The second kappa shape index (κ2) is 2.31. The highest BCUT2D eigenvalue weighted by atomic mass is 15.5. The summed E-state index contributed by atoms with van der Waals surface area (Å²) >= 11 is 0. The Balaban J connectivity index is 1.62. The van der Waals surface area contributed by atoms with E-state index >= 15 is 0 Å². The molecule has 2 saturated carbocycles. The Labute approximate surface area is 81.5 Å². The smallest absolute Gasteiger partial charge is 0.0403 e. The standard InChI is InChI=1S/C12H21N/c1-4-8(2)7-13-11-5-9(3)10-6-12(10,11)13/h8-11H,4-7H2,1-3H3/t8-,9?,10?,11?,12?,13?/m0/s1. The summed E-state index contributed by atoms with van der Waals surface area (Å²) in [6.07, 6.45) is 4.38. The predicted octanol–water partition coefficient (Wildman–Crippen LogP) is 2.52. The average molecular weight is 179 g/mol. The van der Waals surface area contributed by atoms with E-state index in [0.29, 0.717) is 0 Å². The molecule has 0 aromatic heterocycles. The average Bonchev–Trinajstić information content (AvgIpc) is 2.95. The van der Waals surface area contributed by atoms with E-state index in [1.807, 2.05) is 0 Å². The number of piperidine rings is 1. The van der Waals surface area contributed by atoms with E-state index in [4.69, 9.17) is 0 Å². The molecular weight excluding hydrogens is 158 g/mol. The molecule has 3 fully saturated rings. The normalized spacial score (nSPS) is 58.4. The van der Waals surface area contributed by atoms with Crippen molar-refractivity contribution in [3.8, 4) is 0 Å². The van der Waals surface area contributed by atoms with Crippen molar-refractivity contribution in [1.82, 2.24) is 4.90 Å². The summed E-state index contributed by atoms with van der Waals surface area (Å²) in [6, 6.07) is 1.02. The molecule has 2 aliphatic carbocycles. The fourth-order valence-electron chi connectivity index (χ4n) is 3.79. The van der Waals surface area contributed by atoms with Gasteiger partial charge in [-0.3, -0.25) is 4.90 Å². The molecule has 0 amide bonds. The first-order chi connectivity index (χ1) is 6.20. The molecule has 3 rings (SSSR count). The first kappa shape index (κ1) is 8.28. The summed E-state index contributed by atoms with van der Waals surface area (Å²) in [4.78, 5) is 2.81. The number of likely N-dealkylation sites (tertiary alicyclic amines) is 1. The molecule has 0 aromatic carbocycles. The van der Waals surface area contributed by atoms with E-state index in [2.05, 4.69) is 25.7 Å². The predicted molar refractivity (Wildman–Crippen MR) is 54.6 cm³/mol. The van der Waals surface area contributed by atoms with E-state index in [1.165, 1.54) is 25.8 Å². The van der Waals surface area contributed by atoms with Gasteiger partial charge in [-0.2, -0.15) is 0 Å². The van der Waals surface area contributed by atoms with Gasteiger partial charge in [0.05, 0.1) is 0 Å². The van der Waals surface area contributed by atoms with Crippen LogP contribution in [-0.2, 0) is 0 Å². The number of hydrogen-bond acceptors (Lipinski definition) is 1. The Hall–Kier alpha value is -0.0400. The van der Waals surface area contributed by atoms with Crippen molar-refractivity contribution >= 4 is 0 Å². The molecule has 1 heterocycles. The van der Waals surface area contributed by atoms with Crippen LogP contribution < -0.4 is 0 Å². The zero-order valence-corrected chi connectivity index (χ0v) is 9.09. The molecule has 1 heteroatoms. The number of hydrogen-bond donors (Lipinski definition) is 0. The molecule has 74 valence electrons. The van der Waals surface area contributed by atoms with Crippen molar-refractivity contribution in [2.75, 3.05) is 6.54 Å². The van der Waals surface area contributed by atoms with Gasteiger partial charge in [0, 0.05) is 18.1 Å². The molecule has 5 unspecified atom stereocenters. The topological polar surface area (TPSA) is 3.01 Å². The van der Waals surface area contributed by atoms with Gasteiger partial charge < -0.3 is 0 Å². The van der Waals surface area contributed by atoms with Crippen LogP contribution in [0.15, 0.2) is 0 Å². The molecule has 0 radical (unpaired) electrons. The van der Waals surface area contributed by atoms with Crippen LogP contribution >= 0.6 is 0 Å². The molecule has 0 bridgehead atoms. The van der Waals surface area contributed by atoms with Crippen LogP contribution in [0.5, 0.6) is 0 Å². The van der Waals surface area contributed by atoms with Gasteiger partial charge in [0.1, 0.15) is 0 Å². The summed E-state index contributed by atoms with van der Waals surface area (Å²) in [5, 5.41) is 0. The van der Waals surface area contributed by atoms with Gasteiger partial charge in [-0.15, -0.1) is 0 Å². The van der Waals surface area contributed by atoms with E-state index in [-0.39, 0.29) is 0 Å². The van der Waals surface area contributed by atoms with Gasteiger partial charge in [-0.05, 0) is 30.6 Å². The minimum Gasteiger partial charge on any atom is -0.291 e. The zero-order valence-electron chi connectivity index (χ0n) is 9.09. The third-order valence-corrected chi connectivity index (χ3v) is 4.94. The fourth-order valence-corrected chi connectivity index (χ4v) is 3.79. The number of rotatable bonds is 3. The van der Waals surface area contributed by atoms with Crippen LogP contribution in [0, 0.1) is 17.8 Å². The molecule has 1 aliphatic heterocycles. The molecule has 0 aromatic rings. The van der Waals surface area contributed by atoms with Crippen LogP contribution in [0.3, 0.4) is 0 Å². The fraction of sp³-hybridized carbons (Fsp3) is 1.00. The molecule has 1 nitrogen and oxygen atoms in total. The maximum atomic E-state index is 2.81. The van der Waals surface area contributed by atoms with Gasteiger partial charge in [-0.25, -0.2) is 0 Å². The third kappa shape index (κ3) is 0.869. The monoisotopic (exact) mass is 179 g/mol. The molecule has 6 atom stereocenters. The minimum atomic E-state index is 0.781. The molecule has 1 saturated heterocycles. The van der Waals surface area contributed by atoms with Crippen molar-refractivity contribution in [3.05, 3.63) is 0 Å². The van der Waals surface area contributed by atoms with E-state index in [1.54, 1.807) is 0 Å². The number of nitrogens with zero attached hydrogens (tertiary/aromatic N) is 1. The molecule has 3 aliphatic rings. The summed E-state index contributed by atoms with van der Waals surface area (Å²) in [5.74, 6) is 3.05. The molecule has 0 N–H and O–H groups in total. The summed E-state index contributed by atoms with van der Waals surface area (Å²) in [7, 11) is 0. The van der Waals surface area contributed by atoms with Crippen LogP contribution in [0.2, 0.25) is 0 Å². The van der Waals surface area contributed by atoms with Crippen molar-refractivity contribution in [2.24, 2.45) is 17.8 Å². The third-order valence-electron chi connectivity index (χ3n) is 4.94. The SMILES string of the molecule is CC[C@H](C)CN1C2CC(C)C3CC321. The quantitative estimate of drug-likeness (QED) is 0.602. The van der Waals surface area contributed by atoms with Gasteiger partial charge >= 0.3 is 0 Å². The molecule has 1 spiro atoms. The summed E-state index contributed by atoms with van der Waals surface area (Å²) < 4.78 is 0. The molecule has 13 heavy (non-hydrogen) atoms. The summed E-state index contributed by atoms with van der Waals surface area (Å²) in [5.41, 5.74) is 0.781. The van der Waals surface area contributed by atoms with E-state index < -0.39 is 0 Å². The second-order valence-electron chi connectivity index (χ2n) is 5.70. The Morgan fingerprint density at radius 1 is 1.54 bits per heavy atom. The Kier molecular flexibility index (Phi) is 1.47. The lowest BCUT2D eigenvalue weighted by molar-refractivity contribution is 0.321. The maximum absolute atomic E-state index is 2.81. The lowest BCUT2D eigenvalue weighted by atomic mass is 10.0. The molecular formula is C12H21N. The van der Waals surface area contributed by atoms with Crippen molar-refractivity contribution in [1.29, 1.82) is 0 Å². The highest BCUT2D eigenvalue weighted by molar-refractivity contribution is 5.36. The van der Waals surface area contributed by atoms with Crippen LogP contribution in [0.1, 0.15) is 40.0 Å². The lowest BCUT2D eigenvalue weighted by Gasteiger charge is -2.14. The van der Waals surface area contributed by atoms with Crippen LogP contribution in [0.25, 0.3) is 0 Å². The zero-order chi connectivity index (χ0) is 9.22. The van der Waals surface area contributed by atoms with E-state index in [9.17, 15) is 0 Å². The van der Waals surface area contributed by atoms with Crippen molar-refractivity contribution < 1.29 is 0 Å². The van der Waals surface area contributed by atoms with Crippen molar-refractivity contribution in [3.63, 3.8) is 0 Å². The minimum absolute atomic E-state index is 0.781.